The fraction of sp³-hybridized carbons (Fsp3) is 0.222. The zero-order valence-corrected chi connectivity index (χ0v) is 14.5. The lowest BCUT2D eigenvalue weighted by Crippen LogP contribution is -3.08. The fourth-order valence-corrected chi connectivity index (χ4v) is 3.09. The molecule has 0 radical (unpaired) electrons. The summed E-state index contributed by atoms with van der Waals surface area (Å²) in [5.41, 5.74) is 2.47. The number of quaternary nitrogens is 1. The van der Waals surface area contributed by atoms with Crippen LogP contribution in [0.25, 0.3) is 11.1 Å². The van der Waals surface area contributed by atoms with Crippen molar-refractivity contribution in [1.29, 1.82) is 0 Å². The number of hydrogen-bond acceptors (Lipinski definition) is 4. The molecule has 1 aromatic heterocycles. The number of benzene rings is 2. The topological polar surface area (TPSA) is 59.6 Å². The van der Waals surface area contributed by atoms with Crippen LogP contribution in [0.2, 0.25) is 0 Å². The molecule has 2 aromatic carbocycles. The smallest absolute Gasteiger partial charge is 0.279 e. The number of thioether (sulfide) groups is 1. The Bertz CT molecular complexity index is 814. The number of nitrogens with zero attached hydrogens (tertiary/aromatic N) is 1. The van der Waals surface area contributed by atoms with Crippen LogP contribution in [0.4, 0.5) is 5.69 Å². The van der Waals surface area contributed by atoms with E-state index in [0.29, 0.717) is 19.0 Å². The fourth-order valence-electron chi connectivity index (χ4n) is 2.53. The van der Waals surface area contributed by atoms with Gasteiger partial charge >= 0.3 is 0 Å². The summed E-state index contributed by atoms with van der Waals surface area (Å²) in [5, 5.41) is 2.97. The van der Waals surface area contributed by atoms with Gasteiger partial charge in [-0.05, 0) is 30.5 Å². The number of oxazole rings is 1. The third kappa shape index (κ3) is 3.96. The van der Waals surface area contributed by atoms with Crippen molar-refractivity contribution in [2.45, 2.75) is 11.4 Å². The first kappa shape index (κ1) is 16.5. The highest BCUT2D eigenvalue weighted by Crippen LogP contribution is 2.24. The van der Waals surface area contributed by atoms with Crippen molar-refractivity contribution in [1.82, 2.24) is 4.98 Å². The van der Waals surface area contributed by atoms with Crippen LogP contribution in [0, 0.1) is 0 Å². The second-order valence-corrected chi connectivity index (χ2v) is 6.48. The molecule has 6 heteroatoms. The highest BCUT2D eigenvalue weighted by Gasteiger charge is 2.15. The molecule has 3 rings (SSSR count). The van der Waals surface area contributed by atoms with Gasteiger partial charge in [-0.3, -0.25) is 4.79 Å². The monoisotopic (exact) mass is 342 g/mol. The van der Waals surface area contributed by atoms with Gasteiger partial charge in [0.25, 0.3) is 11.8 Å². The molecule has 24 heavy (non-hydrogen) atoms. The molecule has 0 bridgehead atoms. The standard InChI is InChI=1S/C18H19N3O2S/c1-21(12-18-20-13-7-3-5-9-15(13)23-18)11-17(22)19-14-8-4-6-10-16(14)24-2/h3-10H,11-12H2,1-2H3,(H,19,22)/p+1. The van der Waals surface area contributed by atoms with Crippen LogP contribution in [-0.4, -0.2) is 30.7 Å². The minimum absolute atomic E-state index is 0.0230. The number of anilines is 1. The van der Waals surface area contributed by atoms with Gasteiger partial charge in [-0.25, -0.2) is 4.98 Å². The molecular weight excluding hydrogens is 322 g/mol. The van der Waals surface area contributed by atoms with Crippen molar-refractivity contribution < 1.29 is 14.1 Å². The van der Waals surface area contributed by atoms with E-state index in [1.54, 1.807) is 11.8 Å². The lowest BCUT2D eigenvalue weighted by atomic mass is 10.3. The summed E-state index contributed by atoms with van der Waals surface area (Å²) >= 11 is 1.61. The highest BCUT2D eigenvalue weighted by atomic mass is 32.2. The van der Waals surface area contributed by atoms with Crippen molar-refractivity contribution in [2.75, 3.05) is 25.2 Å². The van der Waals surface area contributed by atoms with E-state index in [9.17, 15) is 4.79 Å². The molecule has 0 aliphatic heterocycles. The van der Waals surface area contributed by atoms with E-state index >= 15 is 0 Å². The lowest BCUT2D eigenvalue weighted by Gasteiger charge is -2.13. The van der Waals surface area contributed by atoms with Crippen molar-refractivity contribution >= 4 is 34.5 Å². The second kappa shape index (κ2) is 7.51. The lowest BCUT2D eigenvalue weighted by molar-refractivity contribution is -0.886. The predicted octanol–water partition coefficient (Wildman–Crippen LogP) is 2.20. The van der Waals surface area contributed by atoms with E-state index in [-0.39, 0.29) is 5.91 Å². The summed E-state index contributed by atoms with van der Waals surface area (Å²) in [5.74, 6) is 0.621. The maximum absolute atomic E-state index is 12.3. The van der Waals surface area contributed by atoms with E-state index in [1.165, 1.54) is 0 Å². The number of likely N-dealkylation sites (N-methyl/N-ethyl adjacent to an activating group) is 1. The molecule has 1 heterocycles. The summed E-state index contributed by atoms with van der Waals surface area (Å²) in [4.78, 5) is 18.8. The van der Waals surface area contributed by atoms with Gasteiger partial charge < -0.3 is 14.6 Å². The third-order valence-corrected chi connectivity index (χ3v) is 4.43. The zero-order chi connectivity index (χ0) is 16.9. The second-order valence-electron chi connectivity index (χ2n) is 5.63. The van der Waals surface area contributed by atoms with Gasteiger partial charge in [0.2, 0.25) is 0 Å². The summed E-state index contributed by atoms with van der Waals surface area (Å²) in [6.45, 7) is 0.910. The Hall–Kier alpha value is -2.31. The summed E-state index contributed by atoms with van der Waals surface area (Å²) in [7, 11) is 1.95. The number of aromatic nitrogens is 1. The molecule has 2 N–H and O–H groups in total. The van der Waals surface area contributed by atoms with Gasteiger partial charge in [0.1, 0.15) is 5.52 Å². The maximum Gasteiger partial charge on any atom is 0.279 e. The number of rotatable bonds is 6. The average Bonchev–Trinajstić information content (AvgIpc) is 2.97. The van der Waals surface area contributed by atoms with E-state index in [0.717, 1.165) is 26.6 Å². The van der Waals surface area contributed by atoms with Crippen LogP contribution in [0.15, 0.2) is 57.8 Å². The van der Waals surface area contributed by atoms with Crippen LogP contribution in [-0.2, 0) is 11.3 Å². The maximum atomic E-state index is 12.3. The third-order valence-electron chi connectivity index (χ3n) is 3.63. The summed E-state index contributed by atoms with van der Waals surface area (Å²) in [6, 6.07) is 15.5. The van der Waals surface area contributed by atoms with Gasteiger partial charge in [0.05, 0.1) is 12.7 Å². The van der Waals surface area contributed by atoms with Crippen molar-refractivity contribution in [3.63, 3.8) is 0 Å². The molecule has 124 valence electrons. The van der Waals surface area contributed by atoms with Crippen molar-refractivity contribution in [3.8, 4) is 0 Å². The quantitative estimate of drug-likeness (QED) is 0.674. The van der Waals surface area contributed by atoms with Gasteiger partial charge in [0.15, 0.2) is 18.7 Å². The molecule has 0 aliphatic carbocycles. The Kier molecular flexibility index (Phi) is 5.17. The number of hydrogen-bond donors (Lipinski definition) is 2. The molecule has 3 aromatic rings. The summed E-state index contributed by atoms with van der Waals surface area (Å²) in [6.07, 6.45) is 2.00. The first-order chi connectivity index (χ1) is 11.7. The molecule has 0 saturated heterocycles. The SMILES string of the molecule is CSc1ccccc1NC(=O)C[NH+](C)Cc1nc2ccccc2o1. The van der Waals surface area contributed by atoms with Crippen LogP contribution in [0.3, 0.4) is 0 Å². The van der Waals surface area contributed by atoms with Crippen LogP contribution < -0.4 is 10.2 Å². The normalized spacial score (nSPS) is 12.2. The molecule has 0 saturated carbocycles. The minimum atomic E-state index is -0.0230. The number of para-hydroxylation sites is 3. The van der Waals surface area contributed by atoms with E-state index < -0.39 is 0 Å². The molecule has 1 unspecified atom stereocenters. The molecule has 0 aliphatic rings. The van der Waals surface area contributed by atoms with Gasteiger partial charge in [0, 0.05) is 4.90 Å². The molecule has 1 atom stereocenters. The van der Waals surface area contributed by atoms with Crippen LogP contribution in [0.5, 0.6) is 0 Å². The van der Waals surface area contributed by atoms with E-state index in [4.69, 9.17) is 4.42 Å². The van der Waals surface area contributed by atoms with Gasteiger partial charge in [-0.2, -0.15) is 0 Å². The first-order valence-electron chi connectivity index (χ1n) is 7.74. The Morgan fingerprint density at radius 1 is 1.21 bits per heavy atom. The molecular formula is C18H20N3O2S+. The highest BCUT2D eigenvalue weighted by molar-refractivity contribution is 7.98. The first-order valence-corrected chi connectivity index (χ1v) is 8.97. The zero-order valence-electron chi connectivity index (χ0n) is 13.7. The van der Waals surface area contributed by atoms with Crippen LogP contribution in [0.1, 0.15) is 5.89 Å². The van der Waals surface area contributed by atoms with E-state index in [2.05, 4.69) is 10.3 Å². The van der Waals surface area contributed by atoms with Gasteiger partial charge in [-0.1, -0.05) is 24.3 Å². The molecule has 0 fully saturated rings. The average molecular weight is 342 g/mol. The summed E-state index contributed by atoms with van der Waals surface area (Å²) < 4.78 is 5.71. The van der Waals surface area contributed by atoms with Crippen molar-refractivity contribution in [3.05, 3.63) is 54.4 Å². The minimum Gasteiger partial charge on any atom is -0.435 e. The number of fused-ring (bicyclic) bond motifs is 1. The molecule has 5 nitrogen and oxygen atoms in total. The van der Waals surface area contributed by atoms with Gasteiger partial charge in [-0.15, -0.1) is 11.8 Å². The number of nitrogens with one attached hydrogen (secondary N) is 2. The largest absolute Gasteiger partial charge is 0.435 e. The Balaban J connectivity index is 1.59. The Morgan fingerprint density at radius 2 is 1.96 bits per heavy atom. The number of carbonyl (C=O) groups is 1. The number of amides is 1. The van der Waals surface area contributed by atoms with E-state index in [1.807, 2.05) is 61.8 Å². The number of carbonyl (C=O) groups excluding carboxylic acids is 1. The van der Waals surface area contributed by atoms with Crippen LogP contribution >= 0.6 is 11.8 Å². The Morgan fingerprint density at radius 3 is 2.75 bits per heavy atom. The predicted molar refractivity (Wildman–Crippen MR) is 96.3 cm³/mol. The Labute approximate surface area is 145 Å². The molecule has 0 spiro atoms. The molecule has 1 amide bonds. The van der Waals surface area contributed by atoms with Crippen molar-refractivity contribution in [2.24, 2.45) is 0 Å².